The summed E-state index contributed by atoms with van der Waals surface area (Å²) in [6.07, 6.45) is 0.361. The molecule has 0 heterocycles. The number of carbonyl (C=O) groups is 1. The highest BCUT2D eigenvalue weighted by molar-refractivity contribution is 6.01. The first-order valence-corrected chi connectivity index (χ1v) is 7.48. The quantitative estimate of drug-likeness (QED) is 0.661. The fourth-order valence-corrected chi connectivity index (χ4v) is 2.55. The van der Waals surface area contributed by atoms with E-state index in [2.05, 4.69) is 0 Å². The Morgan fingerprint density at radius 3 is 1.84 bits per heavy atom. The topological polar surface area (TPSA) is 105 Å². The Balaban J connectivity index is 2.23. The number of phenolic OH excluding ortho intramolecular Hbond substituents is 3. The number of phenols is 3. The third kappa shape index (κ3) is 3.88. The molecule has 7 nitrogen and oxygen atoms in total. The largest absolute Gasteiger partial charge is 0.508 e. The van der Waals surface area contributed by atoms with E-state index in [0.717, 1.165) is 17.7 Å². The summed E-state index contributed by atoms with van der Waals surface area (Å²) < 4.78 is 15.8. The van der Waals surface area contributed by atoms with Gasteiger partial charge in [-0.25, -0.2) is 0 Å². The van der Waals surface area contributed by atoms with E-state index in [1.807, 2.05) is 0 Å². The number of ketones is 1. The number of benzene rings is 2. The molecule has 0 amide bonds. The van der Waals surface area contributed by atoms with Gasteiger partial charge in [-0.1, -0.05) is 0 Å². The third-order valence-corrected chi connectivity index (χ3v) is 3.73. The Kier molecular flexibility index (Phi) is 5.59. The van der Waals surface area contributed by atoms with Gasteiger partial charge in [0.25, 0.3) is 0 Å². The first kappa shape index (κ1) is 18.3. The molecule has 7 heteroatoms. The zero-order valence-corrected chi connectivity index (χ0v) is 14.2. The molecule has 0 atom stereocenters. The number of rotatable bonds is 7. The van der Waals surface area contributed by atoms with Gasteiger partial charge in [-0.2, -0.15) is 0 Å². The van der Waals surface area contributed by atoms with Gasteiger partial charge in [0, 0.05) is 18.6 Å². The molecule has 0 radical (unpaired) electrons. The lowest BCUT2D eigenvalue weighted by atomic mass is 10.0. The predicted molar refractivity (Wildman–Crippen MR) is 90.2 cm³/mol. The second-order valence-electron chi connectivity index (χ2n) is 5.32. The van der Waals surface area contributed by atoms with Gasteiger partial charge in [0.05, 0.1) is 21.3 Å². The van der Waals surface area contributed by atoms with Crippen LogP contribution in [0.3, 0.4) is 0 Å². The highest BCUT2D eigenvalue weighted by Gasteiger charge is 2.19. The fraction of sp³-hybridized carbons (Fsp3) is 0.278. The summed E-state index contributed by atoms with van der Waals surface area (Å²) >= 11 is 0. The lowest BCUT2D eigenvalue weighted by Gasteiger charge is -2.14. The van der Waals surface area contributed by atoms with Crippen LogP contribution < -0.4 is 14.2 Å². The average Bonchev–Trinajstić information content (AvgIpc) is 2.57. The zero-order valence-electron chi connectivity index (χ0n) is 14.2. The first-order chi connectivity index (χ1) is 11.9. The average molecular weight is 348 g/mol. The number of hydrogen-bond acceptors (Lipinski definition) is 7. The van der Waals surface area contributed by atoms with E-state index in [1.54, 1.807) is 12.1 Å². The Hall–Kier alpha value is -3.09. The minimum atomic E-state index is -0.465. The van der Waals surface area contributed by atoms with E-state index in [-0.39, 0.29) is 17.7 Å². The van der Waals surface area contributed by atoms with Crippen LogP contribution in [0, 0.1) is 0 Å². The van der Waals surface area contributed by atoms with Crippen LogP contribution in [-0.4, -0.2) is 42.4 Å². The summed E-state index contributed by atoms with van der Waals surface area (Å²) in [6, 6.07) is 5.47. The molecule has 0 spiro atoms. The molecule has 2 aromatic carbocycles. The second-order valence-corrected chi connectivity index (χ2v) is 5.32. The molecule has 25 heavy (non-hydrogen) atoms. The molecule has 134 valence electrons. The van der Waals surface area contributed by atoms with Gasteiger partial charge >= 0.3 is 0 Å². The Morgan fingerprint density at radius 2 is 1.40 bits per heavy atom. The molecule has 0 saturated carbocycles. The van der Waals surface area contributed by atoms with E-state index < -0.39 is 17.3 Å². The van der Waals surface area contributed by atoms with Crippen molar-refractivity contribution in [2.75, 3.05) is 21.3 Å². The van der Waals surface area contributed by atoms with Crippen LogP contribution in [0.2, 0.25) is 0 Å². The monoisotopic (exact) mass is 348 g/mol. The summed E-state index contributed by atoms with van der Waals surface area (Å²) in [6.45, 7) is 0. The normalized spacial score (nSPS) is 10.4. The van der Waals surface area contributed by atoms with Gasteiger partial charge < -0.3 is 29.5 Å². The summed E-state index contributed by atoms with van der Waals surface area (Å²) in [5, 5.41) is 28.9. The van der Waals surface area contributed by atoms with E-state index in [4.69, 9.17) is 14.2 Å². The van der Waals surface area contributed by atoms with Crippen molar-refractivity contribution in [1.29, 1.82) is 0 Å². The van der Waals surface area contributed by atoms with Crippen molar-refractivity contribution < 1.29 is 34.3 Å². The van der Waals surface area contributed by atoms with Gasteiger partial charge in [-0.15, -0.1) is 0 Å². The van der Waals surface area contributed by atoms with Gasteiger partial charge in [0.15, 0.2) is 17.3 Å². The molecule has 0 fully saturated rings. The predicted octanol–water partition coefficient (Wildman–Crippen LogP) is 2.64. The minimum absolute atomic E-state index is 0.0323. The third-order valence-electron chi connectivity index (χ3n) is 3.73. The van der Waals surface area contributed by atoms with Gasteiger partial charge in [-0.3, -0.25) is 4.79 Å². The SMILES string of the molecule is COc1cc(CCC(=O)c2c(O)cc(O)cc2O)cc(OC)c1OC. The molecular weight excluding hydrogens is 328 g/mol. The fourth-order valence-electron chi connectivity index (χ4n) is 2.55. The minimum Gasteiger partial charge on any atom is -0.508 e. The van der Waals surface area contributed by atoms with Gasteiger partial charge in [-0.05, 0) is 24.1 Å². The maximum atomic E-state index is 12.3. The Bertz CT molecular complexity index is 735. The van der Waals surface area contributed by atoms with Crippen molar-refractivity contribution in [3.05, 3.63) is 35.4 Å². The smallest absolute Gasteiger partial charge is 0.203 e. The highest BCUT2D eigenvalue weighted by atomic mass is 16.5. The van der Waals surface area contributed by atoms with Crippen LogP contribution >= 0.6 is 0 Å². The number of aromatic hydroxyl groups is 3. The van der Waals surface area contributed by atoms with Crippen molar-refractivity contribution in [3.8, 4) is 34.5 Å². The molecule has 0 saturated heterocycles. The van der Waals surface area contributed by atoms with Crippen LogP contribution in [0.25, 0.3) is 0 Å². The number of Topliss-reactive ketones (excluding diaryl/α,β-unsaturated/α-hetero) is 1. The van der Waals surface area contributed by atoms with Crippen molar-refractivity contribution in [2.24, 2.45) is 0 Å². The zero-order chi connectivity index (χ0) is 18.6. The maximum absolute atomic E-state index is 12.3. The molecule has 2 aromatic rings. The number of ether oxygens (including phenoxy) is 3. The molecule has 2 rings (SSSR count). The van der Waals surface area contributed by atoms with Gasteiger partial charge in [0.2, 0.25) is 5.75 Å². The summed E-state index contributed by atoms with van der Waals surface area (Å²) in [5.74, 6) is -0.312. The molecule has 0 aliphatic heterocycles. The number of methoxy groups -OCH3 is 3. The summed E-state index contributed by atoms with van der Waals surface area (Å²) in [4.78, 5) is 12.3. The lowest BCUT2D eigenvalue weighted by Crippen LogP contribution is -2.03. The Labute approximate surface area is 145 Å². The number of aryl methyl sites for hydroxylation is 1. The lowest BCUT2D eigenvalue weighted by molar-refractivity contribution is 0.0977. The summed E-state index contributed by atoms with van der Waals surface area (Å²) in [5.41, 5.74) is 0.547. The molecule has 0 aliphatic rings. The van der Waals surface area contributed by atoms with Crippen molar-refractivity contribution in [3.63, 3.8) is 0 Å². The summed E-state index contributed by atoms with van der Waals surface area (Å²) in [7, 11) is 4.50. The van der Waals surface area contributed by atoms with Crippen molar-refractivity contribution in [1.82, 2.24) is 0 Å². The van der Waals surface area contributed by atoms with Crippen LogP contribution in [0.4, 0.5) is 0 Å². The maximum Gasteiger partial charge on any atom is 0.203 e. The highest BCUT2D eigenvalue weighted by Crippen LogP contribution is 2.39. The molecule has 0 unspecified atom stereocenters. The molecule has 0 bridgehead atoms. The van der Waals surface area contributed by atoms with Gasteiger partial charge in [0.1, 0.15) is 22.8 Å². The van der Waals surface area contributed by atoms with Crippen LogP contribution in [0.15, 0.2) is 24.3 Å². The molecule has 0 aliphatic carbocycles. The molecule has 3 N–H and O–H groups in total. The molecular formula is C18H20O7. The van der Waals surface area contributed by atoms with Crippen LogP contribution in [-0.2, 0) is 6.42 Å². The van der Waals surface area contributed by atoms with E-state index in [1.165, 1.54) is 21.3 Å². The first-order valence-electron chi connectivity index (χ1n) is 7.48. The van der Waals surface area contributed by atoms with Crippen LogP contribution in [0.5, 0.6) is 34.5 Å². The van der Waals surface area contributed by atoms with Crippen molar-refractivity contribution in [2.45, 2.75) is 12.8 Å². The second kappa shape index (κ2) is 7.65. The van der Waals surface area contributed by atoms with E-state index >= 15 is 0 Å². The number of hydrogen-bond donors (Lipinski definition) is 3. The molecule has 0 aromatic heterocycles. The van der Waals surface area contributed by atoms with Crippen molar-refractivity contribution >= 4 is 5.78 Å². The van der Waals surface area contributed by atoms with E-state index in [9.17, 15) is 20.1 Å². The Morgan fingerprint density at radius 1 is 0.880 bits per heavy atom. The number of carbonyl (C=O) groups excluding carboxylic acids is 1. The van der Waals surface area contributed by atoms with Crippen LogP contribution in [0.1, 0.15) is 22.3 Å². The standard InChI is InChI=1S/C18H20O7/c1-23-15-6-10(7-16(24-2)18(15)25-3)4-5-12(20)17-13(21)8-11(19)9-14(17)22/h6-9,19,21-22H,4-5H2,1-3H3. The van der Waals surface area contributed by atoms with E-state index in [0.29, 0.717) is 23.7 Å².